The zero-order valence-corrected chi connectivity index (χ0v) is 13.4. The van der Waals surface area contributed by atoms with Crippen LogP contribution >= 0.6 is 11.8 Å². The summed E-state index contributed by atoms with van der Waals surface area (Å²) >= 11 is 1.81. The lowest BCUT2D eigenvalue weighted by molar-refractivity contribution is -0.132. The highest BCUT2D eigenvalue weighted by atomic mass is 32.2. The second kappa shape index (κ2) is 6.75. The molecule has 1 amide bonds. The van der Waals surface area contributed by atoms with E-state index in [9.17, 15) is 13.6 Å². The molecule has 1 aromatic carbocycles. The molecule has 2 heterocycles. The van der Waals surface area contributed by atoms with Crippen LogP contribution in [0.4, 0.5) is 14.5 Å². The van der Waals surface area contributed by atoms with E-state index >= 15 is 0 Å². The van der Waals surface area contributed by atoms with Crippen molar-refractivity contribution in [3.63, 3.8) is 0 Å². The molecular formula is C16H17F2N3OS. The Kier molecular flexibility index (Phi) is 4.71. The van der Waals surface area contributed by atoms with Crippen molar-refractivity contribution in [1.29, 1.82) is 5.26 Å². The predicted octanol–water partition coefficient (Wildman–Crippen LogP) is 2.38. The fraction of sp³-hybridized carbons (Fsp3) is 0.500. The Bertz CT molecular complexity index is 632. The van der Waals surface area contributed by atoms with Crippen molar-refractivity contribution in [3.05, 3.63) is 29.3 Å². The Hall–Kier alpha value is -1.81. The van der Waals surface area contributed by atoms with E-state index in [0.29, 0.717) is 26.1 Å². The largest absolute Gasteiger partial charge is 0.355 e. The summed E-state index contributed by atoms with van der Waals surface area (Å²) in [4.78, 5) is 16.0. The Labute approximate surface area is 138 Å². The summed E-state index contributed by atoms with van der Waals surface area (Å²) in [5.41, 5.74) is -0.245. The molecule has 23 heavy (non-hydrogen) atoms. The number of nitrogens with zero attached hydrogens (tertiary/aromatic N) is 3. The molecule has 1 unspecified atom stereocenters. The minimum Gasteiger partial charge on any atom is -0.355 e. The Morgan fingerprint density at radius 2 is 1.87 bits per heavy atom. The molecular weight excluding hydrogens is 320 g/mol. The molecule has 0 N–H and O–H groups in total. The van der Waals surface area contributed by atoms with Crippen LogP contribution in [0.15, 0.2) is 12.1 Å². The molecule has 0 radical (unpaired) electrons. The van der Waals surface area contributed by atoms with Gasteiger partial charge in [0.1, 0.15) is 11.7 Å². The molecule has 3 rings (SSSR count). The predicted molar refractivity (Wildman–Crippen MR) is 85.3 cm³/mol. The highest BCUT2D eigenvalue weighted by molar-refractivity contribution is 7.99. The minimum atomic E-state index is -0.782. The molecule has 4 nitrogen and oxygen atoms in total. The molecule has 0 aliphatic carbocycles. The molecule has 0 saturated carbocycles. The Morgan fingerprint density at radius 1 is 1.22 bits per heavy atom. The second-order valence-corrected chi connectivity index (χ2v) is 6.91. The fourth-order valence-corrected chi connectivity index (χ4v) is 4.09. The van der Waals surface area contributed by atoms with Crippen LogP contribution < -0.4 is 4.90 Å². The van der Waals surface area contributed by atoms with Gasteiger partial charge in [-0.15, -0.1) is 0 Å². The van der Waals surface area contributed by atoms with Crippen molar-refractivity contribution in [2.24, 2.45) is 0 Å². The van der Waals surface area contributed by atoms with Gasteiger partial charge in [0.15, 0.2) is 11.6 Å². The van der Waals surface area contributed by atoms with Gasteiger partial charge in [-0.1, -0.05) is 0 Å². The number of thioether (sulfide) groups is 1. The van der Waals surface area contributed by atoms with Gasteiger partial charge in [-0.3, -0.25) is 4.79 Å². The Morgan fingerprint density at radius 3 is 2.48 bits per heavy atom. The van der Waals surface area contributed by atoms with Crippen molar-refractivity contribution < 1.29 is 13.6 Å². The summed E-state index contributed by atoms with van der Waals surface area (Å²) in [6.07, 6.45) is 1.32. The van der Waals surface area contributed by atoms with Gasteiger partial charge in [0.25, 0.3) is 0 Å². The quantitative estimate of drug-likeness (QED) is 0.831. The standard InChI is InChI=1S/C16H17F2N3OS/c17-12-8-11(10-19)9-13(18)15(12)21-3-1-2-14(21)16(22)20-4-6-23-7-5-20/h8-9,14H,1-7H2. The monoisotopic (exact) mass is 337 g/mol. The number of nitriles is 1. The third-order valence-electron chi connectivity index (χ3n) is 4.29. The van der Waals surface area contributed by atoms with Gasteiger partial charge in [-0.25, -0.2) is 8.78 Å². The average molecular weight is 337 g/mol. The molecule has 2 fully saturated rings. The summed E-state index contributed by atoms with van der Waals surface area (Å²) in [7, 11) is 0. The van der Waals surface area contributed by atoms with Gasteiger partial charge < -0.3 is 9.80 Å². The molecule has 2 aliphatic rings. The van der Waals surface area contributed by atoms with Crippen LogP contribution in [-0.2, 0) is 4.79 Å². The van der Waals surface area contributed by atoms with Crippen molar-refractivity contribution in [3.8, 4) is 6.07 Å². The van der Waals surface area contributed by atoms with Gasteiger partial charge in [-0.2, -0.15) is 17.0 Å². The van der Waals surface area contributed by atoms with E-state index in [2.05, 4.69) is 0 Å². The number of carbonyl (C=O) groups excluding carboxylic acids is 1. The summed E-state index contributed by atoms with van der Waals surface area (Å²) in [6, 6.07) is 3.26. The molecule has 122 valence electrons. The van der Waals surface area contributed by atoms with Crippen LogP contribution in [0, 0.1) is 23.0 Å². The van der Waals surface area contributed by atoms with E-state index in [1.54, 1.807) is 22.7 Å². The second-order valence-electron chi connectivity index (χ2n) is 5.69. The molecule has 1 atom stereocenters. The highest BCUT2D eigenvalue weighted by Crippen LogP contribution is 2.32. The summed E-state index contributed by atoms with van der Waals surface area (Å²) in [5.74, 6) is 0.188. The third kappa shape index (κ3) is 3.13. The maximum atomic E-state index is 14.3. The molecule has 1 aromatic rings. The van der Waals surface area contributed by atoms with E-state index in [-0.39, 0.29) is 17.2 Å². The van der Waals surface area contributed by atoms with Gasteiger partial charge in [0.05, 0.1) is 11.6 Å². The molecule has 0 spiro atoms. The first-order valence-electron chi connectivity index (χ1n) is 7.64. The lowest BCUT2D eigenvalue weighted by Crippen LogP contribution is -2.49. The first kappa shape index (κ1) is 16.1. The fourth-order valence-electron chi connectivity index (χ4n) is 3.19. The van der Waals surface area contributed by atoms with Crippen molar-refractivity contribution in [2.75, 3.05) is 36.0 Å². The molecule has 2 saturated heterocycles. The molecule has 0 aromatic heterocycles. The number of hydrogen-bond donors (Lipinski definition) is 0. The summed E-state index contributed by atoms with van der Waals surface area (Å²) < 4.78 is 28.5. The number of anilines is 1. The van der Waals surface area contributed by atoms with E-state index in [1.807, 2.05) is 0 Å². The van der Waals surface area contributed by atoms with Crippen LogP contribution in [-0.4, -0.2) is 48.0 Å². The smallest absolute Gasteiger partial charge is 0.245 e. The minimum absolute atomic E-state index is 0.0500. The average Bonchev–Trinajstić information content (AvgIpc) is 3.03. The van der Waals surface area contributed by atoms with Crippen molar-refractivity contribution >= 4 is 23.4 Å². The number of benzene rings is 1. The van der Waals surface area contributed by atoms with Crippen LogP contribution in [0.5, 0.6) is 0 Å². The SMILES string of the molecule is N#Cc1cc(F)c(N2CCCC2C(=O)N2CCSCC2)c(F)c1. The lowest BCUT2D eigenvalue weighted by atomic mass is 10.1. The lowest BCUT2D eigenvalue weighted by Gasteiger charge is -2.33. The number of rotatable bonds is 2. The van der Waals surface area contributed by atoms with Gasteiger partial charge >= 0.3 is 0 Å². The molecule has 2 aliphatic heterocycles. The van der Waals surface area contributed by atoms with Crippen LogP contribution in [0.1, 0.15) is 18.4 Å². The van der Waals surface area contributed by atoms with Crippen LogP contribution in [0.3, 0.4) is 0 Å². The van der Waals surface area contributed by atoms with Crippen LogP contribution in [0.2, 0.25) is 0 Å². The third-order valence-corrected chi connectivity index (χ3v) is 5.24. The maximum Gasteiger partial charge on any atom is 0.245 e. The number of halogens is 2. The number of amides is 1. The van der Waals surface area contributed by atoms with Crippen molar-refractivity contribution in [1.82, 2.24) is 4.90 Å². The Balaban J connectivity index is 1.87. The van der Waals surface area contributed by atoms with Gasteiger partial charge in [0.2, 0.25) is 5.91 Å². The zero-order valence-electron chi connectivity index (χ0n) is 12.6. The van der Waals surface area contributed by atoms with E-state index in [4.69, 9.17) is 5.26 Å². The van der Waals surface area contributed by atoms with E-state index in [0.717, 1.165) is 30.1 Å². The first-order chi connectivity index (χ1) is 11.1. The van der Waals surface area contributed by atoms with E-state index in [1.165, 1.54) is 4.90 Å². The zero-order chi connectivity index (χ0) is 16.4. The van der Waals surface area contributed by atoms with Crippen LogP contribution in [0.25, 0.3) is 0 Å². The number of hydrogen-bond acceptors (Lipinski definition) is 4. The van der Waals surface area contributed by atoms with E-state index < -0.39 is 17.7 Å². The molecule has 7 heteroatoms. The normalized spacial score (nSPS) is 21.3. The molecule has 0 bridgehead atoms. The maximum absolute atomic E-state index is 14.3. The topological polar surface area (TPSA) is 47.3 Å². The summed E-state index contributed by atoms with van der Waals surface area (Å²) in [5, 5.41) is 8.79. The number of carbonyl (C=O) groups is 1. The summed E-state index contributed by atoms with van der Waals surface area (Å²) in [6.45, 7) is 1.82. The van der Waals surface area contributed by atoms with Gasteiger partial charge in [-0.05, 0) is 25.0 Å². The van der Waals surface area contributed by atoms with Crippen molar-refractivity contribution in [2.45, 2.75) is 18.9 Å². The highest BCUT2D eigenvalue weighted by Gasteiger charge is 2.36. The first-order valence-corrected chi connectivity index (χ1v) is 8.79. The van der Waals surface area contributed by atoms with Gasteiger partial charge in [0, 0.05) is 31.1 Å².